The number of aliphatic hydroxyl groups is 2. The van der Waals surface area contributed by atoms with Crippen LogP contribution >= 0.6 is 0 Å². The van der Waals surface area contributed by atoms with E-state index >= 15 is 0 Å². The van der Waals surface area contributed by atoms with Crippen LogP contribution in [0.25, 0.3) is 23.1 Å². The lowest BCUT2D eigenvalue weighted by molar-refractivity contribution is -0.134. The lowest BCUT2D eigenvalue weighted by Crippen LogP contribution is -2.23. The fourth-order valence-corrected chi connectivity index (χ4v) is 2.61. The predicted octanol–water partition coefficient (Wildman–Crippen LogP) is 2.88. The van der Waals surface area contributed by atoms with Crippen LogP contribution in [-0.4, -0.2) is 56.6 Å². The van der Waals surface area contributed by atoms with Crippen molar-refractivity contribution < 1.29 is 30.0 Å². The number of aliphatic hydroxyl groups excluding tert-OH is 2. The second-order valence-electron chi connectivity index (χ2n) is 6.58. The van der Waals surface area contributed by atoms with E-state index in [-0.39, 0.29) is 13.2 Å². The number of hydrogen-bond acceptors (Lipinski definition) is 6. The molecule has 0 spiro atoms. The largest absolute Gasteiger partial charge is 0.478 e. The maximum Gasteiger partial charge on any atom is 0.328 e. The minimum Gasteiger partial charge on any atom is -0.478 e. The number of nitrogens with zero attached hydrogens (tertiary/aromatic N) is 1. The molecule has 8 nitrogen and oxygen atoms in total. The number of nitrogens with one attached hydrogen (secondary N) is 1. The van der Waals surface area contributed by atoms with Crippen LogP contribution in [0.4, 0.5) is 5.69 Å². The summed E-state index contributed by atoms with van der Waals surface area (Å²) in [5, 5.41) is 38.4. The van der Waals surface area contributed by atoms with Gasteiger partial charge in [0.2, 0.25) is 0 Å². The number of para-hydroxylation sites is 1. The second-order valence-corrected chi connectivity index (χ2v) is 6.58. The summed E-state index contributed by atoms with van der Waals surface area (Å²) in [7, 11) is 0. The van der Waals surface area contributed by atoms with Crippen molar-refractivity contribution in [1.29, 1.82) is 0 Å². The van der Waals surface area contributed by atoms with E-state index in [1.165, 1.54) is 0 Å². The van der Waals surface area contributed by atoms with Crippen molar-refractivity contribution in [1.82, 2.24) is 4.98 Å². The maximum absolute atomic E-state index is 9.57. The first-order valence-corrected chi connectivity index (χ1v) is 9.68. The summed E-state index contributed by atoms with van der Waals surface area (Å²) >= 11 is 0. The van der Waals surface area contributed by atoms with Crippen LogP contribution in [0.15, 0.2) is 72.8 Å². The van der Waals surface area contributed by atoms with Gasteiger partial charge in [0.1, 0.15) is 0 Å². The molecule has 166 valence electrons. The molecule has 8 heteroatoms. The summed E-state index contributed by atoms with van der Waals surface area (Å²) in [6.45, 7) is 0.0170. The second kappa shape index (κ2) is 12.6. The molecule has 0 saturated carbocycles. The van der Waals surface area contributed by atoms with Gasteiger partial charge in [0.05, 0.1) is 23.9 Å². The smallest absolute Gasteiger partial charge is 0.328 e. The molecular weight excluding hydrogens is 412 g/mol. The number of fused-ring (bicyclic) bond motifs is 1. The van der Waals surface area contributed by atoms with E-state index in [0.29, 0.717) is 12.2 Å². The van der Waals surface area contributed by atoms with Crippen LogP contribution in [0.1, 0.15) is 11.3 Å². The summed E-state index contributed by atoms with van der Waals surface area (Å²) in [6.07, 6.45) is 4.31. The summed E-state index contributed by atoms with van der Waals surface area (Å²) < 4.78 is 0. The average Bonchev–Trinajstić information content (AvgIpc) is 2.80. The van der Waals surface area contributed by atoms with Crippen LogP contribution in [0.3, 0.4) is 0 Å². The molecule has 0 bridgehead atoms. The van der Waals surface area contributed by atoms with E-state index in [4.69, 9.17) is 15.3 Å². The molecule has 5 N–H and O–H groups in total. The first-order valence-electron chi connectivity index (χ1n) is 9.68. The van der Waals surface area contributed by atoms with Crippen LogP contribution < -0.4 is 5.32 Å². The maximum atomic E-state index is 9.57. The number of rotatable bonds is 8. The van der Waals surface area contributed by atoms with Crippen molar-refractivity contribution in [2.75, 3.05) is 18.5 Å². The average molecular weight is 436 g/mol. The van der Waals surface area contributed by atoms with Crippen molar-refractivity contribution >= 4 is 40.7 Å². The highest BCUT2D eigenvalue weighted by Gasteiger charge is 2.06. The number of anilines is 1. The van der Waals surface area contributed by atoms with Gasteiger partial charge >= 0.3 is 11.9 Å². The lowest BCUT2D eigenvalue weighted by Gasteiger charge is -2.13. The molecule has 3 aromatic rings. The molecule has 0 aliphatic carbocycles. The van der Waals surface area contributed by atoms with E-state index in [0.717, 1.165) is 27.8 Å². The number of carboxylic acid groups (broad SMARTS) is 2. The Labute approximate surface area is 184 Å². The molecule has 0 saturated heterocycles. The van der Waals surface area contributed by atoms with Gasteiger partial charge in [-0.1, -0.05) is 54.6 Å². The van der Waals surface area contributed by atoms with Crippen molar-refractivity contribution in [3.05, 3.63) is 84.1 Å². The predicted molar refractivity (Wildman–Crippen MR) is 123 cm³/mol. The van der Waals surface area contributed by atoms with Crippen molar-refractivity contribution in [3.8, 4) is 0 Å². The zero-order valence-electron chi connectivity index (χ0n) is 17.1. The molecule has 1 aromatic heterocycles. The number of carbonyl (C=O) groups is 2. The molecule has 0 amide bonds. The highest BCUT2D eigenvalue weighted by molar-refractivity contribution is 5.93. The Bertz CT molecular complexity index is 1080. The Morgan fingerprint density at radius 3 is 2.19 bits per heavy atom. The molecule has 3 rings (SSSR count). The Balaban J connectivity index is 0.000000390. The van der Waals surface area contributed by atoms with E-state index in [2.05, 4.69) is 10.3 Å². The third kappa shape index (κ3) is 8.39. The minimum atomic E-state index is -1.26. The Hall–Kier alpha value is -4.01. The first kappa shape index (κ1) is 24.3. The number of aromatic nitrogens is 1. The van der Waals surface area contributed by atoms with Gasteiger partial charge in [-0.25, -0.2) is 14.6 Å². The Morgan fingerprint density at radius 2 is 1.56 bits per heavy atom. The zero-order chi connectivity index (χ0) is 23.3. The number of hydrogen-bond donors (Lipinski definition) is 5. The first-order chi connectivity index (χ1) is 15.4. The molecule has 1 unspecified atom stereocenters. The Kier molecular flexibility index (Phi) is 9.58. The molecule has 0 fully saturated rings. The SMILES string of the molecule is O=C(O)/C=C/C(=O)O.OCC(O)CNc1cc(/C=C/c2ccccc2)nc2ccccc12. The van der Waals surface area contributed by atoms with Crippen LogP contribution in [-0.2, 0) is 9.59 Å². The molecule has 1 atom stereocenters. The van der Waals surface area contributed by atoms with E-state index < -0.39 is 18.0 Å². The molecule has 0 aliphatic rings. The quantitative estimate of drug-likeness (QED) is 0.340. The van der Waals surface area contributed by atoms with Gasteiger partial charge in [0.15, 0.2) is 0 Å². The molecular formula is C24H24N2O6. The van der Waals surface area contributed by atoms with Gasteiger partial charge in [-0.15, -0.1) is 0 Å². The molecule has 0 radical (unpaired) electrons. The van der Waals surface area contributed by atoms with Gasteiger partial charge in [-0.05, 0) is 23.8 Å². The van der Waals surface area contributed by atoms with Crippen LogP contribution in [0.2, 0.25) is 0 Å². The van der Waals surface area contributed by atoms with Crippen LogP contribution in [0.5, 0.6) is 0 Å². The van der Waals surface area contributed by atoms with E-state index in [1.807, 2.05) is 72.8 Å². The normalized spacial score (nSPS) is 11.8. The molecule has 32 heavy (non-hydrogen) atoms. The van der Waals surface area contributed by atoms with E-state index in [9.17, 15) is 14.7 Å². The third-order valence-electron chi connectivity index (χ3n) is 4.09. The van der Waals surface area contributed by atoms with Gasteiger partial charge < -0.3 is 25.7 Å². The van der Waals surface area contributed by atoms with Crippen molar-refractivity contribution in [2.24, 2.45) is 0 Å². The van der Waals surface area contributed by atoms with Gasteiger partial charge in [0.25, 0.3) is 0 Å². The van der Waals surface area contributed by atoms with Crippen LogP contribution in [0, 0.1) is 0 Å². The van der Waals surface area contributed by atoms with Crippen molar-refractivity contribution in [2.45, 2.75) is 6.10 Å². The van der Waals surface area contributed by atoms with Crippen molar-refractivity contribution in [3.63, 3.8) is 0 Å². The zero-order valence-corrected chi connectivity index (χ0v) is 17.1. The fourth-order valence-electron chi connectivity index (χ4n) is 2.61. The summed E-state index contributed by atoms with van der Waals surface area (Å²) in [4.78, 5) is 23.8. The number of benzene rings is 2. The number of aliphatic carboxylic acids is 2. The van der Waals surface area contributed by atoms with Gasteiger partial charge in [0, 0.05) is 29.8 Å². The fraction of sp³-hybridized carbons (Fsp3) is 0.125. The van der Waals surface area contributed by atoms with Gasteiger partial charge in [-0.3, -0.25) is 0 Å². The summed E-state index contributed by atoms with van der Waals surface area (Å²) in [6, 6.07) is 19.9. The lowest BCUT2D eigenvalue weighted by atomic mass is 10.1. The highest BCUT2D eigenvalue weighted by atomic mass is 16.4. The minimum absolute atomic E-state index is 0.267. The topological polar surface area (TPSA) is 140 Å². The van der Waals surface area contributed by atoms with E-state index in [1.54, 1.807) is 0 Å². The standard InChI is InChI=1S/C20H20N2O2.C4H4O4/c23-14-17(24)13-21-20-12-16(11-10-15-6-2-1-3-7-15)22-19-9-5-4-8-18(19)20;5-3(6)1-2-4(7)8/h1-12,17,23-24H,13-14H2,(H,21,22);1-2H,(H,5,6)(H,7,8)/b11-10+;2-1+. The summed E-state index contributed by atoms with van der Waals surface area (Å²) in [5.74, 6) is -2.51. The summed E-state index contributed by atoms with van der Waals surface area (Å²) in [5.41, 5.74) is 3.71. The Morgan fingerprint density at radius 1 is 0.938 bits per heavy atom. The monoisotopic (exact) mass is 436 g/mol. The number of pyridine rings is 1. The van der Waals surface area contributed by atoms with Gasteiger partial charge in [-0.2, -0.15) is 0 Å². The number of carboxylic acids is 2. The molecule has 1 heterocycles. The molecule has 0 aliphatic heterocycles. The molecule has 2 aromatic carbocycles. The third-order valence-corrected chi connectivity index (χ3v) is 4.09. The highest BCUT2D eigenvalue weighted by Crippen LogP contribution is 2.24.